The summed E-state index contributed by atoms with van der Waals surface area (Å²) in [6.07, 6.45) is 3.47. The summed E-state index contributed by atoms with van der Waals surface area (Å²) in [6.45, 7) is 4.78. The molecule has 0 amide bonds. The molecule has 2 saturated heterocycles. The molecule has 18 heavy (non-hydrogen) atoms. The fraction of sp³-hybridized carbons (Fsp3) is 1.00. The third kappa shape index (κ3) is 3.91. The summed E-state index contributed by atoms with van der Waals surface area (Å²) >= 11 is 0. The molecule has 2 heterocycles. The summed E-state index contributed by atoms with van der Waals surface area (Å²) in [5, 5.41) is 3.13. The van der Waals surface area contributed by atoms with Crippen LogP contribution in [0.1, 0.15) is 32.6 Å². The summed E-state index contributed by atoms with van der Waals surface area (Å²) < 4.78 is 32.2. The highest BCUT2D eigenvalue weighted by atomic mass is 32.2. The topological polar surface area (TPSA) is 67.4 Å². The van der Waals surface area contributed by atoms with Gasteiger partial charge in [-0.2, -0.15) is 0 Å². The van der Waals surface area contributed by atoms with Crippen LogP contribution in [0.15, 0.2) is 0 Å². The Hall–Kier alpha value is -0.170. The lowest BCUT2D eigenvalue weighted by molar-refractivity contribution is 0.0981. The minimum atomic E-state index is -3.15. The Morgan fingerprint density at radius 1 is 1.22 bits per heavy atom. The van der Waals surface area contributed by atoms with E-state index in [9.17, 15) is 8.42 Å². The second-order valence-corrected chi connectivity index (χ2v) is 7.50. The van der Waals surface area contributed by atoms with Crippen molar-refractivity contribution in [2.45, 2.75) is 43.9 Å². The predicted octanol–water partition coefficient (Wildman–Crippen LogP) is 0.473. The van der Waals surface area contributed by atoms with Gasteiger partial charge in [0.2, 0.25) is 10.0 Å². The van der Waals surface area contributed by atoms with Gasteiger partial charge in [-0.1, -0.05) is 0 Å². The first kappa shape index (κ1) is 14.2. The summed E-state index contributed by atoms with van der Waals surface area (Å²) in [5.74, 6) is 0.427. The van der Waals surface area contributed by atoms with Crippen molar-refractivity contribution < 1.29 is 13.2 Å². The summed E-state index contributed by atoms with van der Waals surface area (Å²) in [4.78, 5) is 0. The van der Waals surface area contributed by atoms with E-state index in [-0.39, 0.29) is 5.25 Å². The Morgan fingerprint density at radius 3 is 2.56 bits per heavy atom. The predicted molar refractivity (Wildman–Crippen MR) is 71.0 cm³/mol. The number of ether oxygens (including phenoxy) is 1. The van der Waals surface area contributed by atoms with Gasteiger partial charge in [-0.3, -0.25) is 0 Å². The molecule has 6 heteroatoms. The molecular weight excluding hydrogens is 252 g/mol. The molecule has 2 atom stereocenters. The minimum Gasteiger partial charge on any atom is -0.381 e. The number of hydrogen-bond donors (Lipinski definition) is 2. The smallest absolute Gasteiger partial charge is 0.214 e. The fourth-order valence-corrected chi connectivity index (χ4v) is 4.09. The van der Waals surface area contributed by atoms with Crippen LogP contribution in [0.4, 0.5) is 0 Å². The lowest BCUT2D eigenvalue weighted by atomic mass is 9.96. The van der Waals surface area contributed by atoms with Crippen molar-refractivity contribution in [2.75, 3.05) is 26.3 Å². The van der Waals surface area contributed by atoms with Crippen molar-refractivity contribution in [3.05, 3.63) is 0 Å². The molecule has 2 unspecified atom stereocenters. The van der Waals surface area contributed by atoms with E-state index in [4.69, 9.17) is 4.74 Å². The Labute approximate surface area is 110 Å². The van der Waals surface area contributed by atoms with E-state index in [0.29, 0.717) is 44.6 Å². The zero-order chi connectivity index (χ0) is 13.0. The van der Waals surface area contributed by atoms with Gasteiger partial charge in [0.15, 0.2) is 0 Å². The molecule has 0 aromatic carbocycles. The second-order valence-electron chi connectivity index (χ2n) is 5.46. The maximum atomic E-state index is 12.1. The Morgan fingerprint density at radius 2 is 1.94 bits per heavy atom. The zero-order valence-corrected chi connectivity index (χ0v) is 11.8. The van der Waals surface area contributed by atoms with Gasteiger partial charge in [0, 0.05) is 25.8 Å². The Balaban J connectivity index is 1.77. The number of hydrogen-bond acceptors (Lipinski definition) is 4. The van der Waals surface area contributed by atoms with Crippen LogP contribution in [0, 0.1) is 5.92 Å². The first-order chi connectivity index (χ1) is 8.58. The maximum Gasteiger partial charge on any atom is 0.214 e. The third-order valence-corrected chi connectivity index (χ3v) is 5.86. The summed E-state index contributed by atoms with van der Waals surface area (Å²) in [7, 11) is -3.15. The first-order valence-corrected chi connectivity index (χ1v) is 8.42. The standard InChI is InChI=1S/C12H24N2O3S/c1-10-2-3-11(8-13-10)9-14-18(15,16)12-4-6-17-7-5-12/h10-14H,2-9H2,1H3. The van der Waals surface area contributed by atoms with Crippen molar-refractivity contribution in [1.29, 1.82) is 0 Å². The van der Waals surface area contributed by atoms with Crippen LogP contribution in [0.25, 0.3) is 0 Å². The molecule has 106 valence electrons. The van der Waals surface area contributed by atoms with Crippen LogP contribution in [-0.4, -0.2) is 46.0 Å². The number of piperidine rings is 1. The van der Waals surface area contributed by atoms with Crippen LogP contribution in [0.2, 0.25) is 0 Å². The van der Waals surface area contributed by atoms with Crippen molar-refractivity contribution in [1.82, 2.24) is 10.0 Å². The van der Waals surface area contributed by atoms with Crippen molar-refractivity contribution >= 4 is 10.0 Å². The minimum absolute atomic E-state index is 0.262. The van der Waals surface area contributed by atoms with E-state index in [0.717, 1.165) is 19.4 Å². The zero-order valence-electron chi connectivity index (χ0n) is 11.0. The van der Waals surface area contributed by atoms with Gasteiger partial charge in [0.25, 0.3) is 0 Å². The van der Waals surface area contributed by atoms with E-state index >= 15 is 0 Å². The van der Waals surface area contributed by atoms with Crippen LogP contribution < -0.4 is 10.0 Å². The molecule has 0 spiro atoms. The van der Waals surface area contributed by atoms with Gasteiger partial charge in [0.1, 0.15) is 0 Å². The Bertz CT molecular complexity index is 344. The van der Waals surface area contributed by atoms with E-state index in [1.165, 1.54) is 0 Å². The SMILES string of the molecule is CC1CCC(CNS(=O)(=O)C2CCOCC2)CN1. The van der Waals surface area contributed by atoms with Gasteiger partial charge >= 0.3 is 0 Å². The molecule has 0 aliphatic carbocycles. The quantitative estimate of drug-likeness (QED) is 0.783. The van der Waals surface area contributed by atoms with Gasteiger partial charge in [-0.05, 0) is 45.1 Å². The van der Waals surface area contributed by atoms with Crippen molar-refractivity contribution in [3.8, 4) is 0 Å². The average Bonchev–Trinajstić information content (AvgIpc) is 2.39. The molecule has 2 fully saturated rings. The van der Waals surface area contributed by atoms with Crippen LogP contribution in [-0.2, 0) is 14.8 Å². The van der Waals surface area contributed by atoms with Crippen LogP contribution in [0.3, 0.4) is 0 Å². The number of sulfonamides is 1. The average molecular weight is 276 g/mol. The lowest BCUT2D eigenvalue weighted by Gasteiger charge is -2.29. The van der Waals surface area contributed by atoms with Crippen molar-refractivity contribution in [3.63, 3.8) is 0 Å². The summed E-state index contributed by atoms with van der Waals surface area (Å²) in [6, 6.07) is 0.563. The molecule has 2 aliphatic rings. The normalized spacial score (nSPS) is 31.4. The van der Waals surface area contributed by atoms with E-state index in [1.54, 1.807) is 0 Å². The molecule has 0 bridgehead atoms. The number of rotatable bonds is 4. The summed E-state index contributed by atoms with van der Waals surface area (Å²) in [5.41, 5.74) is 0. The molecule has 0 aromatic heterocycles. The Kier molecular flexibility index (Phi) is 5.00. The lowest BCUT2D eigenvalue weighted by Crippen LogP contribution is -2.44. The molecule has 0 radical (unpaired) electrons. The highest BCUT2D eigenvalue weighted by molar-refractivity contribution is 7.90. The van der Waals surface area contributed by atoms with Gasteiger partial charge in [-0.15, -0.1) is 0 Å². The van der Waals surface area contributed by atoms with Crippen molar-refractivity contribution in [2.24, 2.45) is 5.92 Å². The van der Waals surface area contributed by atoms with E-state index in [1.807, 2.05) is 0 Å². The largest absolute Gasteiger partial charge is 0.381 e. The highest BCUT2D eigenvalue weighted by Crippen LogP contribution is 2.17. The monoisotopic (exact) mass is 276 g/mol. The van der Waals surface area contributed by atoms with Crippen LogP contribution >= 0.6 is 0 Å². The van der Waals surface area contributed by atoms with Gasteiger partial charge < -0.3 is 10.1 Å². The molecule has 2 aliphatic heterocycles. The maximum absolute atomic E-state index is 12.1. The highest BCUT2D eigenvalue weighted by Gasteiger charge is 2.28. The van der Waals surface area contributed by atoms with E-state index < -0.39 is 10.0 Å². The molecule has 5 nitrogen and oxygen atoms in total. The molecule has 0 saturated carbocycles. The molecular formula is C12H24N2O3S. The van der Waals surface area contributed by atoms with Gasteiger partial charge in [0.05, 0.1) is 5.25 Å². The molecule has 2 N–H and O–H groups in total. The third-order valence-electron chi connectivity index (χ3n) is 3.94. The second kappa shape index (κ2) is 6.32. The van der Waals surface area contributed by atoms with Crippen LogP contribution in [0.5, 0.6) is 0 Å². The molecule has 0 aromatic rings. The van der Waals surface area contributed by atoms with E-state index in [2.05, 4.69) is 17.0 Å². The van der Waals surface area contributed by atoms with Gasteiger partial charge in [-0.25, -0.2) is 13.1 Å². The number of nitrogens with one attached hydrogen (secondary N) is 2. The fourth-order valence-electron chi connectivity index (χ4n) is 2.57. The first-order valence-electron chi connectivity index (χ1n) is 6.87. The molecule has 2 rings (SSSR count).